The van der Waals surface area contributed by atoms with Gasteiger partial charge in [0.1, 0.15) is 0 Å². The van der Waals surface area contributed by atoms with Crippen LogP contribution >= 0.6 is 23.5 Å². The SMILES string of the molecule is CC(C)C(CSc1ccccc1)NCC1(O)CCSCC1. The second-order valence-corrected chi connectivity index (χ2v) is 8.51. The minimum atomic E-state index is -0.490. The molecular formula is C17H27NOS2. The highest BCUT2D eigenvalue weighted by Gasteiger charge is 2.30. The number of hydrogen-bond donors (Lipinski definition) is 2. The Labute approximate surface area is 137 Å². The van der Waals surface area contributed by atoms with Crippen LogP contribution in [0.5, 0.6) is 0 Å². The Morgan fingerprint density at radius 3 is 2.52 bits per heavy atom. The second kappa shape index (κ2) is 8.47. The molecule has 1 saturated heterocycles. The van der Waals surface area contributed by atoms with Crippen LogP contribution in [-0.2, 0) is 0 Å². The molecule has 0 aromatic heterocycles. The molecular weight excluding hydrogens is 298 g/mol. The van der Waals surface area contributed by atoms with Gasteiger partial charge in [-0.15, -0.1) is 11.8 Å². The lowest BCUT2D eigenvalue weighted by atomic mass is 9.95. The first kappa shape index (κ1) is 17.2. The highest BCUT2D eigenvalue weighted by molar-refractivity contribution is 7.99. The summed E-state index contributed by atoms with van der Waals surface area (Å²) in [5.74, 6) is 3.79. The predicted octanol–water partition coefficient (Wildman–Crippen LogP) is 3.65. The third-order valence-electron chi connectivity index (χ3n) is 4.09. The molecule has 1 aromatic carbocycles. The third-order valence-corrected chi connectivity index (χ3v) is 6.21. The lowest BCUT2D eigenvalue weighted by Gasteiger charge is -2.34. The minimum Gasteiger partial charge on any atom is -0.389 e. The molecule has 0 radical (unpaired) electrons. The number of thioether (sulfide) groups is 2. The minimum absolute atomic E-state index is 0.439. The Kier molecular flexibility index (Phi) is 6.93. The Balaban J connectivity index is 1.81. The van der Waals surface area contributed by atoms with Crippen LogP contribution in [0.4, 0.5) is 0 Å². The van der Waals surface area contributed by atoms with Crippen LogP contribution in [0.2, 0.25) is 0 Å². The molecule has 118 valence electrons. The third kappa shape index (κ3) is 5.85. The standard InChI is InChI=1S/C17H27NOS2/c1-14(2)16(12-21-15-6-4-3-5-7-15)18-13-17(19)8-10-20-11-9-17/h3-7,14,16,18-19H,8-13H2,1-2H3. The van der Waals surface area contributed by atoms with Gasteiger partial charge >= 0.3 is 0 Å². The van der Waals surface area contributed by atoms with Crippen LogP contribution in [0.3, 0.4) is 0 Å². The van der Waals surface area contributed by atoms with E-state index in [1.807, 2.05) is 23.5 Å². The lowest BCUT2D eigenvalue weighted by molar-refractivity contribution is 0.0289. The van der Waals surface area contributed by atoms with E-state index in [0.29, 0.717) is 12.0 Å². The van der Waals surface area contributed by atoms with E-state index in [2.05, 4.69) is 49.5 Å². The summed E-state index contributed by atoms with van der Waals surface area (Å²) in [4.78, 5) is 1.32. The molecule has 1 fully saturated rings. The van der Waals surface area contributed by atoms with Crippen molar-refractivity contribution in [3.63, 3.8) is 0 Å². The maximum atomic E-state index is 10.6. The molecule has 0 spiro atoms. The summed E-state index contributed by atoms with van der Waals surface area (Å²) >= 11 is 3.85. The van der Waals surface area contributed by atoms with E-state index in [1.165, 1.54) is 4.90 Å². The van der Waals surface area contributed by atoms with Crippen LogP contribution < -0.4 is 5.32 Å². The zero-order valence-electron chi connectivity index (χ0n) is 13.0. The summed E-state index contributed by atoms with van der Waals surface area (Å²) in [6.45, 7) is 5.24. The Morgan fingerprint density at radius 1 is 1.24 bits per heavy atom. The van der Waals surface area contributed by atoms with Gasteiger partial charge in [0.25, 0.3) is 0 Å². The van der Waals surface area contributed by atoms with Crippen molar-refractivity contribution in [2.45, 2.75) is 43.2 Å². The second-order valence-electron chi connectivity index (χ2n) is 6.19. The maximum absolute atomic E-state index is 10.6. The monoisotopic (exact) mass is 325 g/mol. The van der Waals surface area contributed by atoms with Gasteiger partial charge in [0.15, 0.2) is 0 Å². The predicted molar refractivity (Wildman–Crippen MR) is 95.3 cm³/mol. The van der Waals surface area contributed by atoms with E-state index in [1.54, 1.807) is 0 Å². The first-order valence-electron chi connectivity index (χ1n) is 7.80. The van der Waals surface area contributed by atoms with Crippen LogP contribution in [0, 0.1) is 5.92 Å². The van der Waals surface area contributed by atoms with E-state index in [9.17, 15) is 5.11 Å². The van der Waals surface area contributed by atoms with E-state index < -0.39 is 5.60 Å². The van der Waals surface area contributed by atoms with Crippen molar-refractivity contribution < 1.29 is 5.11 Å². The molecule has 2 nitrogen and oxygen atoms in total. The first-order chi connectivity index (χ1) is 10.1. The molecule has 1 unspecified atom stereocenters. The van der Waals surface area contributed by atoms with Crippen molar-refractivity contribution >= 4 is 23.5 Å². The Hall–Kier alpha value is -0.160. The van der Waals surface area contributed by atoms with E-state index in [-0.39, 0.29) is 0 Å². The van der Waals surface area contributed by atoms with Gasteiger partial charge in [0, 0.05) is 23.2 Å². The quantitative estimate of drug-likeness (QED) is 0.750. The summed E-state index contributed by atoms with van der Waals surface area (Å²) in [7, 11) is 0. The average Bonchev–Trinajstić information content (AvgIpc) is 2.48. The molecule has 0 amide bonds. The molecule has 0 bridgehead atoms. The van der Waals surface area contributed by atoms with Crippen molar-refractivity contribution in [3.8, 4) is 0 Å². The van der Waals surface area contributed by atoms with Gasteiger partial charge in [0.05, 0.1) is 5.60 Å². The molecule has 2 N–H and O–H groups in total. The maximum Gasteiger partial charge on any atom is 0.0787 e. The van der Waals surface area contributed by atoms with Crippen LogP contribution in [0.25, 0.3) is 0 Å². The zero-order chi connectivity index (χ0) is 15.1. The number of benzene rings is 1. The normalized spacial score (nSPS) is 19.6. The molecule has 2 rings (SSSR count). The van der Waals surface area contributed by atoms with Gasteiger partial charge in [-0.3, -0.25) is 0 Å². The fraction of sp³-hybridized carbons (Fsp3) is 0.647. The fourth-order valence-electron chi connectivity index (χ4n) is 2.44. The van der Waals surface area contributed by atoms with Gasteiger partial charge < -0.3 is 10.4 Å². The first-order valence-corrected chi connectivity index (χ1v) is 9.94. The van der Waals surface area contributed by atoms with Crippen LogP contribution in [0.15, 0.2) is 35.2 Å². The number of hydrogen-bond acceptors (Lipinski definition) is 4. The molecule has 0 aliphatic carbocycles. The van der Waals surface area contributed by atoms with Gasteiger partial charge in [0.2, 0.25) is 0 Å². The molecule has 1 aromatic rings. The zero-order valence-corrected chi connectivity index (χ0v) is 14.7. The summed E-state index contributed by atoms with van der Waals surface area (Å²) < 4.78 is 0. The summed E-state index contributed by atoms with van der Waals surface area (Å²) in [6.07, 6.45) is 1.84. The molecule has 0 saturated carbocycles. The lowest BCUT2D eigenvalue weighted by Crippen LogP contribution is -2.48. The number of nitrogens with one attached hydrogen (secondary N) is 1. The largest absolute Gasteiger partial charge is 0.389 e. The van der Waals surface area contributed by atoms with E-state index >= 15 is 0 Å². The van der Waals surface area contributed by atoms with Crippen molar-refractivity contribution in [2.24, 2.45) is 5.92 Å². The summed E-state index contributed by atoms with van der Waals surface area (Å²) in [5, 5.41) is 14.2. The van der Waals surface area contributed by atoms with Gasteiger partial charge in [-0.2, -0.15) is 11.8 Å². The smallest absolute Gasteiger partial charge is 0.0787 e. The Morgan fingerprint density at radius 2 is 1.90 bits per heavy atom. The average molecular weight is 326 g/mol. The van der Waals surface area contributed by atoms with E-state index in [4.69, 9.17) is 0 Å². The molecule has 1 atom stereocenters. The fourth-order valence-corrected chi connectivity index (χ4v) is 4.92. The van der Waals surface area contributed by atoms with Crippen molar-refractivity contribution in [3.05, 3.63) is 30.3 Å². The van der Waals surface area contributed by atoms with Crippen molar-refractivity contribution in [1.82, 2.24) is 5.32 Å². The van der Waals surface area contributed by atoms with Crippen molar-refractivity contribution in [1.29, 1.82) is 0 Å². The highest BCUT2D eigenvalue weighted by Crippen LogP contribution is 2.27. The highest BCUT2D eigenvalue weighted by atomic mass is 32.2. The van der Waals surface area contributed by atoms with Crippen LogP contribution in [-0.4, -0.2) is 40.6 Å². The van der Waals surface area contributed by atoms with Gasteiger partial charge in [-0.25, -0.2) is 0 Å². The Bertz CT molecular complexity index is 405. The number of rotatable bonds is 7. The molecule has 1 heterocycles. The van der Waals surface area contributed by atoms with Crippen molar-refractivity contribution in [2.75, 3.05) is 23.8 Å². The van der Waals surface area contributed by atoms with Gasteiger partial charge in [-0.1, -0.05) is 32.0 Å². The molecule has 1 aliphatic rings. The summed E-state index contributed by atoms with van der Waals surface area (Å²) in [5.41, 5.74) is -0.490. The van der Waals surface area contributed by atoms with Gasteiger partial charge in [-0.05, 0) is 42.4 Å². The van der Waals surface area contributed by atoms with E-state index in [0.717, 1.165) is 36.6 Å². The summed E-state index contributed by atoms with van der Waals surface area (Å²) in [6, 6.07) is 11.0. The number of aliphatic hydroxyl groups is 1. The molecule has 4 heteroatoms. The van der Waals surface area contributed by atoms with Crippen LogP contribution in [0.1, 0.15) is 26.7 Å². The molecule has 1 aliphatic heterocycles. The topological polar surface area (TPSA) is 32.3 Å². The molecule has 21 heavy (non-hydrogen) atoms.